The van der Waals surface area contributed by atoms with Gasteiger partial charge >= 0.3 is 0 Å². The number of morpholine rings is 1. The van der Waals surface area contributed by atoms with Crippen LogP contribution in [-0.2, 0) is 14.8 Å². The minimum absolute atomic E-state index is 0.0360. The van der Waals surface area contributed by atoms with Crippen LogP contribution in [0.5, 0.6) is 0 Å². The van der Waals surface area contributed by atoms with E-state index in [1.54, 1.807) is 36.4 Å². The van der Waals surface area contributed by atoms with E-state index in [0.29, 0.717) is 24.3 Å². The van der Waals surface area contributed by atoms with Crippen LogP contribution >= 0.6 is 15.9 Å². The molecule has 2 N–H and O–H groups in total. The molecular formula is C21H26BrN3O4S. The third-order valence-corrected chi connectivity index (χ3v) is 6.62. The summed E-state index contributed by atoms with van der Waals surface area (Å²) < 4.78 is 34.4. The normalized spacial score (nSPS) is 20.0. The Bertz CT molecular complexity index is 972. The second-order valence-electron chi connectivity index (χ2n) is 7.41. The van der Waals surface area contributed by atoms with Crippen molar-refractivity contribution in [2.45, 2.75) is 31.0 Å². The van der Waals surface area contributed by atoms with Gasteiger partial charge in [-0.15, -0.1) is 0 Å². The molecule has 7 nitrogen and oxygen atoms in total. The van der Waals surface area contributed by atoms with E-state index < -0.39 is 10.0 Å². The summed E-state index contributed by atoms with van der Waals surface area (Å²) in [6, 6.07) is 12.8. The first-order chi connectivity index (χ1) is 14.2. The maximum atomic E-state index is 12.7. The van der Waals surface area contributed by atoms with Crippen molar-refractivity contribution >= 4 is 37.5 Å². The maximum absolute atomic E-state index is 12.7. The van der Waals surface area contributed by atoms with E-state index in [1.807, 2.05) is 13.8 Å². The van der Waals surface area contributed by atoms with Crippen molar-refractivity contribution in [1.29, 1.82) is 0 Å². The first-order valence-electron chi connectivity index (χ1n) is 9.77. The van der Waals surface area contributed by atoms with Crippen molar-refractivity contribution in [2.24, 2.45) is 0 Å². The Labute approximate surface area is 186 Å². The molecule has 0 unspecified atom stereocenters. The number of halogens is 1. The van der Waals surface area contributed by atoms with Gasteiger partial charge in [0.2, 0.25) is 0 Å². The monoisotopic (exact) mass is 495 g/mol. The van der Waals surface area contributed by atoms with Crippen molar-refractivity contribution < 1.29 is 17.9 Å². The number of nitrogens with one attached hydrogen (secondary N) is 2. The van der Waals surface area contributed by atoms with Crippen LogP contribution in [0.15, 0.2) is 57.9 Å². The van der Waals surface area contributed by atoms with Crippen LogP contribution in [0.3, 0.4) is 0 Å². The summed E-state index contributed by atoms with van der Waals surface area (Å²) in [7, 11) is -3.80. The number of carbonyl (C=O) groups is 1. The number of hydrogen-bond donors (Lipinski definition) is 2. The fourth-order valence-corrected chi connectivity index (χ4v) is 4.80. The Morgan fingerprint density at radius 3 is 2.47 bits per heavy atom. The van der Waals surface area contributed by atoms with Gasteiger partial charge in [-0.25, -0.2) is 8.42 Å². The van der Waals surface area contributed by atoms with E-state index >= 15 is 0 Å². The minimum atomic E-state index is -3.80. The standard InChI is InChI=1S/C21H26BrN3O4S/c1-15-13-25(14-16(2)29-15)11-10-23-21(26)17-4-3-5-20(12-17)30(27,28)24-19-8-6-18(22)7-9-19/h3-9,12,15-16,24H,10-11,13-14H2,1-2H3,(H,23,26)/t15-,16-/m1/s1. The number of hydrogen-bond acceptors (Lipinski definition) is 5. The lowest BCUT2D eigenvalue weighted by Gasteiger charge is -2.35. The van der Waals surface area contributed by atoms with Crippen molar-refractivity contribution in [3.8, 4) is 0 Å². The van der Waals surface area contributed by atoms with Crippen LogP contribution in [0.1, 0.15) is 24.2 Å². The van der Waals surface area contributed by atoms with Gasteiger partial charge in [0.1, 0.15) is 0 Å². The number of anilines is 1. The molecule has 0 aromatic heterocycles. The highest BCUT2D eigenvalue weighted by atomic mass is 79.9. The van der Waals surface area contributed by atoms with Gasteiger partial charge < -0.3 is 10.1 Å². The molecule has 0 saturated carbocycles. The largest absolute Gasteiger partial charge is 0.373 e. The molecule has 3 rings (SSSR count). The lowest BCUT2D eigenvalue weighted by atomic mass is 10.2. The average molecular weight is 496 g/mol. The van der Waals surface area contributed by atoms with Crippen LogP contribution in [0.2, 0.25) is 0 Å². The Morgan fingerprint density at radius 2 is 1.80 bits per heavy atom. The molecule has 162 valence electrons. The van der Waals surface area contributed by atoms with Crippen molar-refractivity contribution in [3.63, 3.8) is 0 Å². The van der Waals surface area contributed by atoms with Gasteiger partial charge in [0.15, 0.2) is 0 Å². The Balaban J connectivity index is 1.60. The molecule has 1 aliphatic rings. The number of rotatable bonds is 7. The van der Waals surface area contributed by atoms with E-state index in [-0.39, 0.29) is 23.0 Å². The molecule has 1 heterocycles. The molecule has 0 spiro atoms. The van der Waals surface area contributed by atoms with Crippen LogP contribution in [0, 0.1) is 0 Å². The zero-order chi connectivity index (χ0) is 21.7. The van der Waals surface area contributed by atoms with Gasteiger partial charge in [-0.2, -0.15) is 0 Å². The molecule has 2 aromatic carbocycles. The summed E-state index contributed by atoms with van der Waals surface area (Å²) in [5.41, 5.74) is 0.749. The van der Waals surface area contributed by atoms with Crippen LogP contribution < -0.4 is 10.0 Å². The van der Waals surface area contributed by atoms with Gasteiger partial charge in [0, 0.05) is 41.9 Å². The Kier molecular flexibility index (Phi) is 7.51. The highest BCUT2D eigenvalue weighted by Crippen LogP contribution is 2.19. The topological polar surface area (TPSA) is 87.7 Å². The summed E-state index contributed by atoms with van der Waals surface area (Å²) in [4.78, 5) is 14.8. The summed E-state index contributed by atoms with van der Waals surface area (Å²) in [5.74, 6) is -0.301. The lowest BCUT2D eigenvalue weighted by Crippen LogP contribution is -2.47. The molecule has 1 aliphatic heterocycles. The average Bonchev–Trinajstić information content (AvgIpc) is 2.69. The third-order valence-electron chi connectivity index (χ3n) is 4.71. The second kappa shape index (κ2) is 9.91. The van der Waals surface area contributed by atoms with E-state index in [9.17, 15) is 13.2 Å². The molecule has 2 aromatic rings. The molecule has 2 atom stereocenters. The molecule has 0 bridgehead atoms. The highest BCUT2D eigenvalue weighted by molar-refractivity contribution is 9.10. The predicted molar refractivity (Wildman–Crippen MR) is 120 cm³/mol. The number of amides is 1. The van der Waals surface area contributed by atoms with Crippen LogP contribution in [0.4, 0.5) is 5.69 Å². The lowest BCUT2D eigenvalue weighted by molar-refractivity contribution is -0.0672. The van der Waals surface area contributed by atoms with E-state index in [2.05, 4.69) is 30.9 Å². The smallest absolute Gasteiger partial charge is 0.261 e. The van der Waals surface area contributed by atoms with Gasteiger partial charge in [-0.1, -0.05) is 22.0 Å². The number of nitrogens with zero attached hydrogens (tertiary/aromatic N) is 1. The summed E-state index contributed by atoms with van der Waals surface area (Å²) in [5, 5.41) is 2.87. The summed E-state index contributed by atoms with van der Waals surface area (Å²) >= 11 is 3.32. The highest BCUT2D eigenvalue weighted by Gasteiger charge is 2.22. The minimum Gasteiger partial charge on any atom is -0.373 e. The molecule has 1 fully saturated rings. The first-order valence-corrected chi connectivity index (χ1v) is 12.0. The van der Waals surface area contributed by atoms with Crippen molar-refractivity contribution in [3.05, 3.63) is 58.6 Å². The zero-order valence-electron chi connectivity index (χ0n) is 17.0. The van der Waals surface area contributed by atoms with E-state index in [0.717, 1.165) is 17.6 Å². The van der Waals surface area contributed by atoms with E-state index in [4.69, 9.17) is 4.74 Å². The van der Waals surface area contributed by atoms with Gasteiger partial charge in [0.05, 0.1) is 17.1 Å². The van der Waals surface area contributed by atoms with Gasteiger partial charge in [-0.05, 0) is 56.3 Å². The number of benzene rings is 2. The number of sulfonamides is 1. The summed E-state index contributed by atoms with van der Waals surface area (Å²) in [6.07, 6.45) is 0.342. The fraction of sp³-hybridized carbons (Fsp3) is 0.381. The predicted octanol–water partition coefficient (Wildman–Crippen LogP) is 3.09. The molecule has 9 heteroatoms. The molecule has 30 heavy (non-hydrogen) atoms. The number of ether oxygens (including phenoxy) is 1. The molecule has 1 saturated heterocycles. The first kappa shape index (κ1) is 22.7. The van der Waals surface area contributed by atoms with Crippen LogP contribution in [-0.4, -0.2) is 57.6 Å². The summed E-state index contributed by atoms with van der Waals surface area (Å²) in [6.45, 7) is 6.93. The van der Waals surface area contributed by atoms with Gasteiger partial charge in [0.25, 0.3) is 15.9 Å². The molecular weight excluding hydrogens is 470 g/mol. The van der Waals surface area contributed by atoms with Crippen molar-refractivity contribution in [2.75, 3.05) is 30.9 Å². The van der Waals surface area contributed by atoms with Gasteiger partial charge in [-0.3, -0.25) is 14.4 Å². The fourth-order valence-electron chi connectivity index (χ4n) is 3.43. The van der Waals surface area contributed by atoms with Crippen LogP contribution in [0.25, 0.3) is 0 Å². The Hall–Kier alpha value is -1.94. The third kappa shape index (κ3) is 6.28. The zero-order valence-corrected chi connectivity index (χ0v) is 19.4. The number of carbonyl (C=O) groups excluding carboxylic acids is 1. The Morgan fingerprint density at radius 1 is 1.13 bits per heavy atom. The SMILES string of the molecule is C[C@@H]1CN(CCNC(=O)c2cccc(S(=O)(=O)Nc3ccc(Br)cc3)c2)C[C@@H](C)O1. The quantitative estimate of drug-likeness (QED) is 0.616. The molecule has 1 amide bonds. The molecule has 0 radical (unpaired) electrons. The van der Waals surface area contributed by atoms with Crippen molar-refractivity contribution in [1.82, 2.24) is 10.2 Å². The van der Waals surface area contributed by atoms with E-state index in [1.165, 1.54) is 12.1 Å². The molecule has 0 aliphatic carbocycles. The second-order valence-corrected chi connectivity index (χ2v) is 10.0. The maximum Gasteiger partial charge on any atom is 0.261 e.